The lowest BCUT2D eigenvalue weighted by molar-refractivity contribution is -0.156. The molecule has 3 heteroatoms. The lowest BCUT2D eigenvalue weighted by atomic mass is 10.0. The van der Waals surface area contributed by atoms with Crippen LogP contribution in [0.2, 0.25) is 0 Å². The van der Waals surface area contributed by atoms with Crippen LogP contribution >= 0.6 is 0 Å². The number of esters is 1. The second-order valence-electron chi connectivity index (χ2n) is 6.03. The molecule has 0 saturated carbocycles. The van der Waals surface area contributed by atoms with E-state index in [0.717, 1.165) is 10.9 Å². The number of benzene rings is 2. The van der Waals surface area contributed by atoms with Crippen molar-refractivity contribution < 1.29 is 9.53 Å². The minimum atomic E-state index is -0.629. The van der Waals surface area contributed by atoms with Crippen molar-refractivity contribution in [3.05, 3.63) is 48.0 Å². The van der Waals surface area contributed by atoms with Crippen LogP contribution in [0, 0.1) is 0 Å². The van der Waals surface area contributed by atoms with E-state index in [1.54, 1.807) is 0 Å². The first-order chi connectivity index (χ1) is 9.35. The second kappa shape index (κ2) is 5.63. The molecule has 0 aliphatic heterocycles. The molecule has 0 radical (unpaired) electrons. The Hall–Kier alpha value is -1.87. The number of carbonyl (C=O) groups excluding carboxylic acids is 1. The van der Waals surface area contributed by atoms with Crippen molar-refractivity contribution in [3.63, 3.8) is 0 Å². The van der Waals surface area contributed by atoms with Crippen molar-refractivity contribution in [1.82, 2.24) is 0 Å². The molecule has 2 aromatic rings. The van der Waals surface area contributed by atoms with Crippen molar-refractivity contribution in [1.29, 1.82) is 0 Å². The van der Waals surface area contributed by atoms with Crippen LogP contribution in [0.25, 0.3) is 10.8 Å². The summed E-state index contributed by atoms with van der Waals surface area (Å²) < 4.78 is 5.30. The minimum Gasteiger partial charge on any atom is -0.459 e. The first-order valence-electron chi connectivity index (χ1n) is 6.81. The number of rotatable bonds is 3. The zero-order valence-corrected chi connectivity index (χ0v) is 12.2. The molecule has 2 N–H and O–H groups in total. The molecule has 0 aliphatic carbocycles. The maximum absolute atomic E-state index is 11.9. The lowest BCUT2D eigenvalue weighted by Gasteiger charge is -2.22. The highest BCUT2D eigenvalue weighted by Gasteiger charge is 2.22. The van der Waals surface area contributed by atoms with E-state index in [0.29, 0.717) is 6.42 Å². The van der Waals surface area contributed by atoms with Crippen LogP contribution in [0.15, 0.2) is 42.5 Å². The first kappa shape index (κ1) is 14.5. The summed E-state index contributed by atoms with van der Waals surface area (Å²) >= 11 is 0. The van der Waals surface area contributed by atoms with E-state index in [1.165, 1.54) is 5.39 Å². The molecule has 3 nitrogen and oxygen atoms in total. The normalized spacial score (nSPS) is 13.2. The molecule has 0 aliphatic rings. The van der Waals surface area contributed by atoms with Gasteiger partial charge in [0.05, 0.1) is 0 Å². The Bertz CT molecular complexity index is 614. The Balaban J connectivity index is 2.09. The van der Waals surface area contributed by atoms with Crippen LogP contribution in [0.5, 0.6) is 0 Å². The van der Waals surface area contributed by atoms with Crippen LogP contribution in [-0.4, -0.2) is 17.6 Å². The lowest BCUT2D eigenvalue weighted by Crippen LogP contribution is -2.38. The van der Waals surface area contributed by atoms with Gasteiger partial charge in [-0.05, 0) is 43.5 Å². The Morgan fingerprint density at radius 2 is 1.80 bits per heavy atom. The van der Waals surface area contributed by atoms with Crippen molar-refractivity contribution in [2.24, 2.45) is 5.73 Å². The van der Waals surface area contributed by atoms with Crippen LogP contribution < -0.4 is 5.73 Å². The molecule has 20 heavy (non-hydrogen) atoms. The zero-order chi connectivity index (χ0) is 14.8. The molecule has 0 amide bonds. The summed E-state index contributed by atoms with van der Waals surface area (Å²) in [6.07, 6.45) is 0.486. The van der Waals surface area contributed by atoms with Gasteiger partial charge in [-0.3, -0.25) is 4.79 Å². The maximum Gasteiger partial charge on any atom is 0.323 e. The van der Waals surface area contributed by atoms with Crippen molar-refractivity contribution in [3.8, 4) is 0 Å². The molecule has 2 rings (SSSR count). The van der Waals surface area contributed by atoms with Gasteiger partial charge in [0.15, 0.2) is 0 Å². The smallest absolute Gasteiger partial charge is 0.323 e. The highest BCUT2D eigenvalue weighted by Crippen LogP contribution is 2.17. The molecule has 106 valence electrons. The predicted molar refractivity (Wildman–Crippen MR) is 81.5 cm³/mol. The quantitative estimate of drug-likeness (QED) is 0.873. The van der Waals surface area contributed by atoms with Gasteiger partial charge in [-0.25, -0.2) is 0 Å². The minimum absolute atomic E-state index is 0.356. The van der Waals surface area contributed by atoms with Gasteiger partial charge in [-0.15, -0.1) is 0 Å². The van der Waals surface area contributed by atoms with E-state index in [9.17, 15) is 4.79 Å². The third-order valence-electron chi connectivity index (χ3n) is 2.98. The molecule has 0 heterocycles. The standard InChI is InChI=1S/C17H21NO2/c1-17(2,3)20-16(19)15(18)11-12-8-9-13-6-4-5-7-14(13)10-12/h4-10,15H,11,18H2,1-3H3/t15-/m0/s1. The van der Waals surface area contributed by atoms with Crippen LogP contribution in [0.4, 0.5) is 0 Å². The van der Waals surface area contributed by atoms with E-state index >= 15 is 0 Å². The summed E-state index contributed by atoms with van der Waals surface area (Å²) in [5, 5.41) is 2.34. The summed E-state index contributed by atoms with van der Waals surface area (Å²) in [6.45, 7) is 5.52. The Morgan fingerprint density at radius 1 is 1.15 bits per heavy atom. The molecule has 0 bridgehead atoms. The number of hydrogen-bond donors (Lipinski definition) is 1. The summed E-state index contributed by atoms with van der Waals surface area (Å²) in [5.41, 5.74) is 6.47. The van der Waals surface area contributed by atoms with Gasteiger partial charge in [0.1, 0.15) is 11.6 Å². The average molecular weight is 271 g/mol. The molecule has 0 aromatic heterocycles. The monoisotopic (exact) mass is 271 g/mol. The summed E-state index contributed by atoms with van der Waals surface area (Å²) in [4.78, 5) is 11.9. The third-order valence-corrected chi connectivity index (χ3v) is 2.98. The van der Waals surface area contributed by atoms with Gasteiger partial charge < -0.3 is 10.5 Å². The molecule has 2 aromatic carbocycles. The Kier molecular flexibility index (Phi) is 4.09. The van der Waals surface area contributed by atoms with Crippen LogP contribution in [-0.2, 0) is 16.0 Å². The molecule has 0 unspecified atom stereocenters. The SMILES string of the molecule is CC(C)(C)OC(=O)[C@@H](N)Cc1ccc2ccccc2c1. The van der Waals surface area contributed by atoms with E-state index in [4.69, 9.17) is 10.5 Å². The van der Waals surface area contributed by atoms with E-state index in [1.807, 2.05) is 45.0 Å². The van der Waals surface area contributed by atoms with E-state index in [-0.39, 0.29) is 5.97 Å². The number of ether oxygens (including phenoxy) is 1. The Morgan fingerprint density at radius 3 is 2.45 bits per heavy atom. The molecular formula is C17H21NO2. The highest BCUT2D eigenvalue weighted by atomic mass is 16.6. The van der Waals surface area contributed by atoms with Crippen LogP contribution in [0.1, 0.15) is 26.3 Å². The largest absolute Gasteiger partial charge is 0.459 e. The maximum atomic E-state index is 11.9. The average Bonchev–Trinajstić information content (AvgIpc) is 2.36. The fraction of sp³-hybridized carbons (Fsp3) is 0.353. The zero-order valence-electron chi connectivity index (χ0n) is 12.2. The van der Waals surface area contributed by atoms with Gasteiger partial charge in [0.25, 0.3) is 0 Å². The van der Waals surface area contributed by atoms with Gasteiger partial charge in [-0.1, -0.05) is 42.5 Å². The van der Waals surface area contributed by atoms with Crippen LogP contribution in [0.3, 0.4) is 0 Å². The van der Waals surface area contributed by atoms with Crippen molar-refractivity contribution in [2.75, 3.05) is 0 Å². The molecule has 0 saturated heterocycles. The summed E-state index contributed by atoms with van der Waals surface area (Å²) in [5.74, 6) is -0.356. The summed E-state index contributed by atoms with van der Waals surface area (Å²) in [6, 6.07) is 13.6. The van der Waals surface area contributed by atoms with Crippen molar-refractivity contribution >= 4 is 16.7 Å². The molecule has 1 atom stereocenters. The Labute approximate surface area is 119 Å². The first-order valence-corrected chi connectivity index (χ1v) is 6.81. The second-order valence-corrected chi connectivity index (χ2v) is 6.03. The fourth-order valence-corrected chi connectivity index (χ4v) is 2.08. The number of fused-ring (bicyclic) bond motifs is 1. The molecular weight excluding hydrogens is 250 g/mol. The summed E-state index contributed by atoms with van der Waals surface area (Å²) in [7, 11) is 0. The fourth-order valence-electron chi connectivity index (χ4n) is 2.08. The number of carbonyl (C=O) groups is 1. The highest BCUT2D eigenvalue weighted by molar-refractivity contribution is 5.83. The van der Waals surface area contributed by atoms with Crippen molar-refractivity contribution in [2.45, 2.75) is 38.8 Å². The van der Waals surface area contributed by atoms with Gasteiger partial charge in [0.2, 0.25) is 0 Å². The predicted octanol–water partition coefficient (Wildman–Crippen LogP) is 3.05. The van der Waals surface area contributed by atoms with Gasteiger partial charge in [-0.2, -0.15) is 0 Å². The molecule has 0 spiro atoms. The number of nitrogens with two attached hydrogens (primary N) is 1. The third kappa shape index (κ3) is 3.81. The van der Waals surface area contributed by atoms with Gasteiger partial charge >= 0.3 is 5.97 Å². The van der Waals surface area contributed by atoms with E-state index < -0.39 is 11.6 Å². The molecule has 0 fully saturated rings. The van der Waals surface area contributed by atoms with Gasteiger partial charge in [0, 0.05) is 0 Å². The van der Waals surface area contributed by atoms with E-state index in [2.05, 4.69) is 18.2 Å². The topological polar surface area (TPSA) is 52.3 Å². The number of hydrogen-bond acceptors (Lipinski definition) is 3.